The molecule has 0 unspecified atom stereocenters. The second-order valence-corrected chi connectivity index (χ2v) is 12.5. The van der Waals surface area contributed by atoms with Crippen molar-refractivity contribution in [1.82, 2.24) is 0 Å². The maximum absolute atomic E-state index is 2.45. The lowest BCUT2D eigenvalue weighted by molar-refractivity contribution is 1.59. The van der Waals surface area contributed by atoms with Crippen molar-refractivity contribution in [3.8, 4) is 0 Å². The van der Waals surface area contributed by atoms with Crippen molar-refractivity contribution in [2.24, 2.45) is 0 Å². The minimum Gasteiger partial charge on any atom is -0.0616 e. The molecule has 44 heavy (non-hydrogen) atoms. The number of hydrogen-bond acceptors (Lipinski definition) is 0. The van der Waals surface area contributed by atoms with Crippen LogP contribution in [-0.2, 0) is 0 Å². The van der Waals surface area contributed by atoms with Crippen LogP contribution in [0.4, 0.5) is 0 Å². The van der Waals surface area contributed by atoms with E-state index in [1.54, 1.807) is 0 Å². The van der Waals surface area contributed by atoms with Crippen LogP contribution in [0.2, 0.25) is 0 Å². The molecule has 0 spiro atoms. The van der Waals surface area contributed by atoms with Gasteiger partial charge in [-0.3, -0.25) is 0 Å². The van der Waals surface area contributed by atoms with E-state index in [2.05, 4.69) is 146 Å². The number of hydrogen-bond donors (Lipinski definition) is 0. The van der Waals surface area contributed by atoms with E-state index in [-0.39, 0.29) is 0 Å². The number of benzene rings is 10. The largest absolute Gasteiger partial charge is 0.0616 e. The lowest BCUT2D eigenvalue weighted by atomic mass is 9.84. The highest BCUT2D eigenvalue weighted by atomic mass is 14.2. The van der Waals surface area contributed by atoms with Crippen molar-refractivity contribution in [3.05, 3.63) is 166 Å². The Morgan fingerprint density at radius 2 is 0.318 bits per heavy atom. The van der Waals surface area contributed by atoms with Gasteiger partial charge in [0.15, 0.2) is 0 Å². The average molecular weight is 553 g/mol. The summed E-state index contributed by atoms with van der Waals surface area (Å²) in [5.74, 6) is 0. The third-order valence-corrected chi connectivity index (χ3v) is 10.2. The van der Waals surface area contributed by atoms with Gasteiger partial charge in [-0.1, -0.05) is 97.1 Å². The standard InChI is InChI=1S/C44H24/c1-2-10-26-18-34-33(17-25(26)9-1)41-35-19-27-11-3-4-12-28(27)20-36(35)42(34)44-39-23-31-15-7-5-13-29(31)21-37(39)43(41)38-22-30-14-6-8-16-32(30)24-40(38)44/h1-24H. The Bertz CT molecular complexity index is 2520. The van der Waals surface area contributed by atoms with Crippen LogP contribution in [0.3, 0.4) is 0 Å². The Balaban J connectivity index is 1.64. The van der Waals surface area contributed by atoms with Gasteiger partial charge in [-0.2, -0.15) is 0 Å². The van der Waals surface area contributed by atoms with Gasteiger partial charge in [-0.05, 0) is 156 Å². The summed E-state index contributed by atoms with van der Waals surface area (Å²) in [5, 5.41) is 26.4. The molecule has 0 heteroatoms. The van der Waals surface area contributed by atoms with Crippen LogP contribution in [0.25, 0.3) is 86.2 Å². The zero-order chi connectivity index (χ0) is 28.5. The van der Waals surface area contributed by atoms with Crippen molar-refractivity contribution in [3.63, 3.8) is 0 Å². The van der Waals surface area contributed by atoms with Crippen molar-refractivity contribution < 1.29 is 0 Å². The van der Waals surface area contributed by atoms with Gasteiger partial charge in [0.05, 0.1) is 0 Å². The molecule has 4 aliphatic carbocycles. The fraction of sp³-hybridized carbons (Fsp3) is 0. The maximum atomic E-state index is 2.45. The van der Waals surface area contributed by atoms with Crippen molar-refractivity contribution >= 4 is 86.2 Å². The molecular weight excluding hydrogens is 528 g/mol. The second-order valence-electron chi connectivity index (χ2n) is 12.5. The van der Waals surface area contributed by atoms with Crippen LogP contribution in [0.1, 0.15) is 0 Å². The SMILES string of the molecule is c1ccc2cc3c4c5cc6ccccc6cc5c(c3cc2c1)=c1c2cc3ccccc3cc2c=4c2cc3ccccc3cc12. The van der Waals surface area contributed by atoms with Crippen LogP contribution < -0.4 is 0 Å². The predicted octanol–water partition coefficient (Wildman–Crippen LogP) is 11.8. The van der Waals surface area contributed by atoms with Crippen LogP contribution >= 0.6 is 0 Å². The summed E-state index contributed by atoms with van der Waals surface area (Å²) >= 11 is 0. The molecule has 0 saturated heterocycles. The Kier molecular flexibility index (Phi) is 4.15. The van der Waals surface area contributed by atoms with Crippen molar-refractivity contribution in [2.45, 2.75) is 0 Å². The molecule has 0 atom stereocenters. The first-order valence-corrected chi connectivity index (χ1v) is 15.4. The number of rotatable bonds is 0. The van der Waals surface area contributed by atoms with Gasteiger partial charge < -0.3 is 0 Å². The molecule has 0 saturated carbocycles. The van der Waals surface area contributed by atoms with Crippen LogP contribution in [-0.4, -0.2) is 0 Å². The fourth-order valence-corrected chi connectivity index (χ4v) is 8.27. The van der Waals surface area contributed by atoms with E-state index < -0.39 is 0 Å². The summed E-state index contributed by atoms with van der Waals surface area (Å²) in [7, 11) is 0. The molecule has 0 aromatic heterocycles. The summed E-state index contributed by atoms with van der Waals surface area (Å²) in [5.41, 5.74) is 0. The minimum atomic E-state index is 1.28. The lowest BCUT2D eigenvalue weighted by Gasteiger charge is -2.19. The van der Waals surface area contributed by atoms with Gasteiger partial charge in [0.2, 0.25) is 0 Å². The Morgan fingerprint density at radius 3 is 0.455 bits per heavy atom. The maximum Gasteiger partial charge on any atom is -0.00134 e. The molecule has 0 radical (unpaired) electrons. The third-order valence-electron chi connectivity index (χ3n) is 10.2. The van der Waals surface area contributed by atoms with Gasteiger partial charge in [-0.25, -0.2) is 0 Å². The zero-order valence-electron chi connectivity index (χ0n) is 23.9. The predicted molar refractivity (Wildman–Crippen MR) is 188 cm³/mol. The molecule has 0 amide bonds. The first-order chi connectivity index (χ1) is 21.8. The molecule has 0 aliphatic heterocycles. The van der Waals surface area contributed by atoms with Gasteiger partial charge in [0.25, 0.3) is 0 Å². The minimum absolute atomic E-state index is 1.28. The molecule has 4 bridgehead atoms. The molecule has 10 aromatic carbocycles. The summed E-state index contributed by atoms with van der Waals surface area (Å²) in [6.45, 7) is 0. The summed E-state index contributed by atoms with van der Waals surface area (Å²) < 4.78 is 0. The summed E-state index contributed by atoms with van der Waals surface area (Å²) in [6.07, 6.45) is 0. The van der Waals surface area contributed by atoms with Crippen LogP contribution in [0.5, 0.6) is 0 Å². The normalized spacial score (nSPS) is 12.5. The first-order valence-electron chi connectivity index (χ1n) is 15.4. The lowest BCUT2D eigenvalue weighted by Crippen LogP contribution is -1.96. The Labute approximate surface area is 252 Å². The zero-order valence-corrected chi connectivity index (χ0v) is 23.9. The van der Waals surface area contributed by atoms with Gasteiger partial charge in [0, 0.05) is 0 Å². The van der Waals surface area contributed by atoms with Gasteiger partial charge in [0.1, 0.15) is 0 Å². The molecule has 4 aliphatic rings. The Morgan fingerprint density at radius 1 is 0.182 bits per heavy atom. The molecule has 10 aromatic rings. The van der Waals surface area contributed by atoms with E-state index in [1.807, 2.05) is 0 Å². The van der Waals surface area contributed by atoms with E-state index >= 15 is 0 Å². The highest BCUT2D eigenvalue weighted by Crippen LogP contribution is 2.42. The molecule has 0 heterocycles. The average Bonchev–Trinajstić information content (AvgIpc) is 3.06. The summed E-state index contributed by atoms with van der Waals surface area (Å²) in [4.78, 5) is 0. The van der Waals surface area contributed by atoms with E-state index in [4.69, 9.17) is 0 Å². The molecular formula is C44H24. The third kappa shape index (κ3) is 2.83. The topological polar surface area (TPSA) is 0 Å². The quantitative estimate of drug-likeness (QED) is 0.164. The highest BCUT2D eigenvalue weighted by Gasteiger charge is 2.19. The second kappa shape index (κ2) is 8.01. The van der Waals surface area contributed by atoms with Crippen molar-refractivity contribution in [1.29, 1.82) is 0 Å². The molecule has 14 rings (SSSR count). The van der Waals surface area contributed by atoms with E-state index in [0.717, 1.165) is 0 Å². The first kappa shape index (κ1) is 22.8. The highest BCUT2D eigenvalue weighted by molar-refractivity contribution is 6.16. The number of fused-ring (bicyclic) bond motifs is 4. The molecule has 0 nitrogen and oxygen atoms in total. The monoisotopic (exact) mass is 552 g/mol. The molecule has 0 N–H and O–H groups in total. The van der Waals surface area contributed by atoms with E-state index in [9.17, 15) is 0 Å². The van der Waals surface area contributed by atoms with Gasteiger partial charge >= 0.3 is 0 Å². The Hall–Kier alpha value is -5.72. The smallest absolute Gasteiger partial charge is 0.00134 e. The summed E-state index contributed by atoms with van der Waals surface area (Å²) in [6, 6.07) is 54.9. The molecule has 0 fully saturated rings. The van der Waals surface area contributed by atoms with Crippen molar-refractivity contribution in [2.75, 3.05) is 0 Å². The van der Waals surface area contributed by atoms with Crippen LogP contribution in [0, 0.1) is 20.9 Å². The van der Waals surface area contributed by atoms with E-state index in [0.29, 0.717) is 0 Å². The van der Waals surface area contributed by atoms with E-state index in [1.165, 1.54) is 107 Å². The van der Waals surface area contributed by atoms with Gasteiger partial charge in [-0.15, -0.1) is 0 Å². The molecule has 200 valence electrons. The van der Waals surface area contributed by atoms with Crippen LogP contribution in [0.15, 0.2) is 146 Å². The fourth-order valence-electron chi connectivity index (χ4n) is 8.27.